The summed E-state index contributed by atoms with van der Waals surface area (Å²) in [5, 5.41) is 7.23. The van der Waals surface area contributed by atoms with Gasteiger partial charge in [-0.25, -0.2) is 0 Å². The SMILES string of the molecule is CCc1ccc(NC(=S)NNC(=S)NCCC(C)C)cc1. The Morgan fingerprint density at radius 2 is 1.67 bits per heavy atom. The predicted molar refractivity (Wildman–Crippen MR) is 98.4 cm³/mol. The summed E-state index contributed by atoms with van der Waals surface area (Å²) >= 11 is 10.3. The van der Waals surface area contributed by atoms with E-state index < -0.39 is 0 Å². The van der Waals surface area contributed by atoms with Gasteiger partial charge in [-0.1, -0.05) is 32.9 Å². The van der Waals surface area contributed by atoms with Crippen LogP contribution in [0.5, 0.6) is 0 Å². The van der Waals surface area contributed by atoms with Crippen LogP contribution in [0, 0.1) is 5.92 Å². The maximum absolute atomic E-state index is 5.20. The van der Waals surface area contributed by atoms with Crippen LogP contribution in [-0.4, -0.2) is 16.8 Å². The molecule has 0 atom stereocenters. The van der Waals surface area contributed by atoms with Crippen LogP contribution in [0.15, 0.2) is 24.3 Å². The summed E-state index contributed by atoms with van der Waals surface area (Å²) in [6.45, 7) is 7.34. The van der Waals surface area contributed by atoms with E-state index in [1.807, 2.05) is 12.1 Å². The van der Waals surface area contributed by atoms with Crippen molar-refractivity contribution in [1.82, 2.24) is 16.2 Å². The van der Waals surface area contributed by atoms with Crippen molar-refractivity contribution in [3.05, 3.63) is 29.8 Å². The Kier molecular flexibility index (Phi) is 8.00. The molecule has 0 heterocycles. The van der Waals surface area contributed by atoms with Crippen LogP contribution in [0.1, 0.15) is 32.8 Å². The van der Waals surface area contributed by atoms with Crippen molar-refractivity contribution in [3.63, 3.8) is 0 Å². The fraction of sp³-hybridized carbons (Fsp3) is 0.467. The standard InChI is InChI=1S/C15H24N4S2/c1-4-12-5-7-13(8-6-12)17-15(21)19-18-14(20)16-10-9-11(2)3/h5-8,11H,4,9-10H2,1-3H3,(H2,16,18,20)(H2,17,19,21). The topological polar surface area (TPSA) is 48.1 Å². The predicted octanol–water partition coefficient (Wildman–Crippen LogP) is 2.96. The van der Waals surface area contributed by atoms with E-state index in [0.717, 1.165) is 25.1 Å². The first-order valence-corrected chi connectivity index (χ1v) is 8.02. The number of hydrogen-bond donors (Lipinski definition) is 4. The lowest BCUT2D eigenvalue weighted by Crippen LogP contribution is -2.48. The van der Waals surface area contributed by atoms with E-state index in [9.17, 15) is 0 Å². The van der Waals surface area contributed by atoms with Crippen LogP contribution in [-0.2, 0) is 6.42 Å². The summed E-state index contributed by atoms with van der Waals surface area (Å²) in [7, 11) is 0. The molecular formula is C15H24N4S2. The van der Waals surface area contributed by atoms with Gasteiger partial charge < -0.3 is 10.6 Å². The number of anilines is 1. The number of aryl methyl sites for hydroxylation is 1. The number of nitrogens with one attached hydrogen (secondary N) is 4. The maximum Gasteiger partial charge on any atom is 0.189 e. The van der Waals surface area contributed by atoms with Crippen LogP contribution < -0.4 is 21.5 Å². The lowest BCUT2D eigenvalue weighted by atomic mass is 10.1. The second-order valence-corrected chi connectivity index (χ2v) is 6.01. The zero-order valence-electron chi connectivity index (χ0n) is 12.8. The maximum atomic E-state index is 5.20. The average molecular weight is 325 g/mol. The minimum absolute atomic E-state index is 0.479. The summed E-state index contributed by atoms with van der Waals surface area (Å²) in [6, 6.07) is 8.17. The van der Waals surface area contributed by atoms with Crippen LogP contribution in [0.2, 0.25) is 0 Å². The van der Waals surface area contributed by atoms with Crippen molar-refractivity contribution in [2.45, 2.75) is 33.6 Å². The van der Waals surface area contributed by atoms with Crippen LogP contribution in [0.3, 0.4) is 0 Å². The Hall–Kier alpha value is -1.40. The molecule has 0 radical (unpaired) electrons. The minimum atomic E-state index is 0.479. The summed E-state index contributed by atoms with van der Waals surface area (Å²) in [5.41, 5.74) is 7.98. The smallest absolute Gasteiger partial charge is 0.189 e. The zero-order chi connectivity index (χ0) is 15.7. The molecule has 4 nitrogen and oxygen atoms in total. The molecule has 0 aliphatic carbocycles. The second kappa shape index (κ2) is 9.52. The van der Waals surface area contributed by atoms with Gasteiger partial charge in [0.05, 0.1) is 0 Å². The van der Waals surface area contributed by atoms with Gasteiger partial charge in [0.25, 0.3) is 0 Å². The third-order valence-electron chi connectivity index (χ3n) is 2.92. The van der Waals surface area contributed by atoms with E-state index in [-0.39, 0.29) is 0 Å². The highest BCUT2D eigenvalue weighted by molar-refractivity contribution is 7.80. The molecule has 6 heteroatoms. The van der Waals surface area contributed by atoms with Crippen molar-refractivity contribution in [1.29, 1.82) is 0 Å². The minimum Gasteiger partial charge on any atom is -0.361 e. The van der Waals surface area contributed by atoms with Gasteiger partial charge in [0.2, 0.25) is 0 Å². The Balaban J connectivity index is 2.25. The van der Waals surface area contributed by atoms with E-state index in [1.165, 1.54) is 5.56 Å². The molecule has 0 unspecified atom stereocenters. The lowest BCUT2D eigenvalue weighted by molar-refractivity contribution is 0.575. The van der Waals surface area contributed by atoms with E-state index >= 15 is 0 Å². The van der Waals surface area contributed by atoms with Gasteiger partial charge in [-0.2, -0.15) is 0 Å². The largest absolute Gasteiger partial charge is 0.361 e. The number of hydrogen-bond acceptors (Lipinski definition) is 2. The van der Waals surface area contributed by atoms with Crippen molar-refractivity contribution in [3.8, 4) is 0 Å². The Bertz CT molecular complexity index is 457. The van der Waals surface area contributed by atoms with E-state index in [1.54, 1.807) is 0 Å². The number of rotatable bonds is 5. The molecule has 0 saturated heterocycles. The van der Waals surface area contributed by atoms with Crippen LogP contribution in [0.25, 0.3) is 0 Å². The van der Waals surface area contributed by atoms with Crippen molar-refractivity contribution in [2.75, 3.05) is 11.9 Å². The van der Waals surface area contributed by atoms with E-state index in [4.69, 9.17) is 24.4 Å². The normalized spacial score (nSPS) is 10.1. The van der Waals surface area contributed by atoms with Gasteiger partial charge >= 0.3 is 0 Å². The highest BCUT2D eigenvalue weighted by Crippen LogP contribution is 2.09. The molecule has 0 spiro atoms. The van der Waals surface area contributed by atoms with Crippen LogP contribution in [0.4, 0.5) is 5.69 Å². The Morgan fingerprint density at radius 1 is 1.05 bits per heavy atom. The highest BCUT2D eigenvalue weighted by atomic mass is 32.1. The molecule has 0 amide bonds. The van der Waals surface area contributed by atoms with Gasteiger partial charge in [-0.05, 0) is 60.9 Å². The fourth-order valence-electron chi connectivity index (χ4n) is 1.62. The molecule has 1 aromatic carbocycles. The van der Waals surface area contributed by atoms with E-state index in [0.29, 0.717) is 16.1 Å². The molecule has 0 aromatic heterocycles. The first-order valence-electron chi connectivity index (χ1n) is 7.21. The second-order valence-electron chi connectivity index (χ2n) is 5.19. The third kappa shape index (κ3) is 7.82. The van der Waals surface area contributed by atoms with Gasteiger partial charge in [-0.15, -0.1) is 0 Å². The third-order valence-corrected chi connectivity index (χ3v) is 3.37. The molecule has 0 saturated carbocycles. The quantitative estimate of drug-likeness (QED) is 0.493. The zero-order valence-corrected chi connectivity index (χ0v) is 14.5. The van der Waals surface area contributed by atoms with Gasteiger partial charge in [0.1, 0.15) is 0 Å². The molecule has 21 heavy (non-hydrogen) atoms. The summed E-state index contributed by atoms with van der Waals surface area (Å²) in [5.74, 6) is 0.655. The monoisotopic (exact) mass is 324 g/mol. The van der Waals surface area contributed by atoms with E-state index in [2.05, 4.69) is 54.4 Å². The number of thiocarbonyl (C=S) groups is 2. The molecular weight excluding hydrogens is 300 g/mol. The molecule has 116 valence electrons. The molecule has 1 aromatic rings. The Morgan fingerprint density at radius 3 is 2.24 bits per heavy atom. The summed E-state index contributed by atoms with van der Waals surface area (Å²) < 4.78 is 0. The molecule has 0 bridgehead atoms. The number of benzene rings is 1. The molecule has 0 aliphatic heterocycles. The lowest BCUT2D eigenvalue weighted by Gasteiger charge is -2.15. The highest BCUT2D eigenvalue weighted by Gasteiger charge is 2.00. The van der Waals surface area contributed by atoms with Gasteiger partial charge in [0, 0.05) is 12.2 Å². The summed E-state index contributed by atoms with van der Waals surface area (Å²) in [4.78, 5) is 0. The average Bonchev–Trinajstić information content (AvgIpc) is 2.45. The fourth-order valence-corrected chi connectivity index (χ4v) is 1.94. The summed E-state index contributed by atoms with van der Waals surface area (Å²) in [6.07, 6.45) is 2.11. The number of hydrazine groups is 1. The molecule has 1 rings (SSSR count). The molecule has 0 fully saturated rings. The van der Waals surface area contributed by atoms with Gasteiger partial charge in [0.15, 0.2) is 10.2 Å². The van der Waals surface area contributed by atoms with Crippen molar-refractivity contribution < 1.29 is 0 Å². The first-order chi connectivity index (χ1) is 10.0. The molecule has 0 aliphatic rings. The van der Waals surface area contributed by atoms with Crippen LogP contribution >= 0.6 is 24.4 Å². The Labute approximate surface area is 138 Å². The van der Waals surface area contributed by atoms with Gasteiger partial charge in [-0.3, -0.25) is 10.9 Å². The molecule has 4 N–H and O–H groups in total. The van der Waals surface area contributed by atoms with Crippen molar-refractivity contribution in [2.24, 2.45) is 5.92 Å². The first kappa shape index (κ1) is 17.7. The van der Waals surface area contributed by atoms with Crippen molar-refractivity contribution >= 4 is 40.3 Å².